The van der Waals surface area contributed by atoms with Crippen LogP contribution in [-0.2, 0) is 11.2 Å². The Balaban J connectivity index is 1.46. The number of guanidine groups is 1. The van der Waals surface area contributed by atoms with E-state index in [9.17, 15) is 4.79 Å². The molecule has 0 saturated carbocycles. The molecule has 0 fully saturated rings. The van der Waals surface area contributed by atoms with Crippen molar-refractivity contribution < 1.29 is 9.53 Å². The number of methoxy groups -OCH3 is 1. The van der Waals surface area contributed by atoms with Gasteiger partial charge in [-0.1, -0.05) is 24.3 Å². The highest BCUT2D eigenvalue weighted by Gasteiger charge is 2.23. The standard InChI is InChI=1S/C20H24N4O2/c1-26-17-8-4-7-16(14-17)23-20(21)22-12-5-10-19(25)24-13-11-15-6-2-3-9-18(15)24/h2-4,6-9,14H,5,10-13H2,1H3,(H3,21,22,23). The van der Waals surface area contributed by atoms with Gasteiger partial charge in [-0.05, 0) is 36.6 Å². The second kappa shape index (κ2) is 8.38. The molecule has 1 heterocycles. The second-order valence-electron chi connectivity index (χ2n) is 6.15. The zero-order valence-electron chi connectivity index (χ0n) is 14.9. The van der Waals surface area contributed by atoms with Gasteiger partial charge in [0.1, 0.15) is 5.75 Å². The minimum Gasteiger partial charge on any atom is -0.497 e. The number of ether oxygens (including phenoxy) is 1. The van der Waals surface area contributed by atoms with Crippen LogP contribution in [0.2, 0.25) is 0 Å². The maximum atomic E-state index is 12.4. The van der Waals surface area contributed by atoms with Gasteiger partial charge in [0.25, 0.3) is 0 Å². The number of aliphatic imine (C=N–C) groups is 1. The van der Waals surface area contributed by atoms with Gasteiger partial charge in [0, 0.05) is 37.0 Å². The molecule has 3 N–H and O–H groups in total. The lowest BCUT2D eigenvalue weighted by molar-refractivity contribution is -0.118. The van der Waals surface area contributed by atoms with Crippen LogP contribution in [0.15, 0.2) is 53.5 Å². The molecule has 1 aliphatic rings. The van der Waals surface area contributed by atoms with E-state index in [0.717, 1.165) is 30.1 Å². The molecule has 3 rings (SSSR count). The van der Waals surface area contributed by atoms with Gasteiger partial charge in [0.15, 0.2) is 5.96 Å². The summed E-state index contributed by atoms with van der Waals surface area (Å²) in [5.74, 6) is 1.22. The smallest absolute Gasteiger partial charge is 0.227 e. The first-order valence-electron chi connectivity index (χ1n) is 8.76. The number of carbonyl (C=O) groups is 1. The van der Waals surface area contributed by atoms with Crippen LogP contribution in [0.4, 0.5) is 11.4 Å². The molecule has 0 spiro atoms. The number of nitrogens with two attached hydrogens (primary N) is 1. The molecule has 0 unspecified atom stereocenters. The van der Waals surface area contributed by atoms with Gasteiger partial charge in [-0.15, -0.1) is 0 Å². The molecule has 0 atom stereocenters. The summed E-state index contributed by atoms with van der Waals surface area (Å²) in [7, 11) is 1.62. The van der Waals surface area contributed by atoms with Crippen molar-refractivity contribution >= 4 is 23.2 Å². The van der Waals surface area contributed by atoms with Crippen molar-refractivity contribution in [2.24, 2.45) is 10.7 Å². The molecule has 1 amide bonds. The average Bonchev–Trinajstić information content (AvgIpc) is 3.09. The average molecular weight is 352 g/mol. The molecule has 0 aliphatic carbocycles. The van der Waals surface area contributed by atoms with Gasteiger partial charge in [-0.3, -0.25) is 9.79 Å². The van der Waals surface area contributed by atoms with Crippen LogP contribution >= 0.6 is 0 Å². The number of fused-ring (bicyclic) bond motifs is 1. The van der Waals surface area contributed by atoms with Crippen LogP contribution in [-0.4, -0.2) is 32.1 Å². The Morgan fingerprint density at radius 3 is 2.96 bits per heavy atom. The van der Waals surface area contributed by atoms with Crippen molar-refractivity contribution in [3.63, 3.8) is 0 Å². The van der Waals surface area contributed by atoms with Crippen LogP contribution in [0.25, 0.3) is 0 Å². The predicted molar refractivity (Wildman–Crippen MR) is 105 cm³/mol. The Kier molecular flexibility index (Phi) is 5.73. The van der Waals surface area contributed by atoms with Crippen molar-refractivity contribution in [1.29, 1.82) is 0 Å². The SMILES string of the molecule is COc1cccc(NC(N)=NCCCC(=O)N2CCc3ccccc32)c1. The quantitative estimate of drug-likeness (QED) is 0.476. The third-order valence-corrected chi connectivity index (χ3v) is 4.36. The van der Waals surface area contributed by atoms with Gasteiger partial charge in [-0.2, -0.15) is 0 Å². The molecular formula is C20H24N4O2. The number of nitrogens with zero attached hydrogens (tertiary/aromatic N) is 2. The van der Waals surface area contributed by atoms with Gasteiger partial charge < -0.3 is 20.7 Å². The molecule has 6 nitrogen and oxygen atoms in total. The topological polar surface area (TPSA) is 80.0 Å². The van der Waals surface area contributed by atoms with Crippen molar-refractivity contribution in [3.05, 3.63) is 54.1 Å². The van der Waals surface area contributed by atoms with E-state index in [2.05, 4.69) is 16.4 Å². The molecular weight excluding hydrogens is 328 g/mol. The minimum absolute atomic E-state index is 0.143. The lowest BCUT2D eigenvalue weighted by Gasteiger charge is -2.17. The van der Waals surface area contributed by atoms with Gasteiger partial charge in [0.2, 0.25) is 5.91 Å². The minimum atomic E-state index is 0.143. The van der Waals surface area contributed by atoms with E-state index < -0.39 is 0 Å². The van der Waals surface area contributed by atoms with E-state index >= 15 is 0 Å². The van der Waals surface area contributed by atoms with Crippen molar-refractivity contribution in [2.45, 2.75) is 19.3 Å². The maximum Gasteiger partial charge on any atom is 0.227 e. The summed E-state index contributed by atoms with van der Waals surface area (Å²) >= 11 is 0. The molecule has 0 radical (unpaired) electrons. The second-order valence-corrected chi connectivity index (χ2v) is 6.15. The zero-order chi connectivity index (χ0) is 18.4. The molecule has 136 valence electrons. The summed E-state index contributed by atoms with van der Waals surface area (Å²) in [4.78, 5) is 18.6. The third kappa shape index (κ3) is 4.33. The first-order chi connectivity index (χ1) is 12.7. The van der Waals surface area contributed by atoms with Crippen molar-refractivity contribution in [2.75, 3.05) is 30.4 Å². The number of amides is 1. The molecule has 1 aliphatic heterocycles. The third-order valence-electron chi connectivity index (χ3n) is 4.36. The van der Waals surface area contributed by atoms with E-state index in [-0.39, 0.29) is 5.91 Å². The highest BCUT2D eigenvalue weighted by molar-refractivity contribution is 5.95. The fourth-order valence-corrected chi connectivity index (χ4v) is 3.05. The first-order valence-corrected chi connectivity index (χ1v) is 8.76. The monoisotopic (exact) mass is 352 g/mol. The zero-order valence-corrected chi connectivity index (χ0v) is 14.9. The van der Waals surface area contributed by atoms with E-state index in [1.807, 2.05) is 47.4 Å². The highest BCUT2D eigenvalue weighted by atomic mass is 16.5. The summed E-state index contributed by atoms with van der Waals surface area (Å²) in [5, 5.41) is 3.03. The Bertz CT molecular complexity index is 804. The summed E-state index contributed by atoms with van der Waals surface area (Å²) in [6, 6.07) is 15.5. The van der Waals surface area contributed by atoms with Crippen LogP contribution in [0.5, 0.6) is 5.75 Å². The Labute approximate surface area is 153 Å². The number of anilines is 2. The molecule has 26 heavy (non-hydrogen) atoms. The van der Waals surface area contributed by atoms with Crippen LogP contribution < -0.4 is 20.7 Å². The molecule has 6 heteroatoms. The van der Waals surface area contributed by atoms with Gasteiger partial charge in [-0.25, -0.2) is 0 Å². The van der Waals surface area contributed by atoms with Crippen molar-refractivity contribution in [3.8, 4) is 5.75 Å². The molecule has 0 saturated heterocycles. The highest BCUT2D eigenvalue weighted by Crippen LogP contribution is 2.28. The van der Waals surface area contributed by atoms with E-state index in [1.54, 1.807) is 7.11 Å². The van der Waals surface area contributed by atoms with E-state index in [4.69, 9.17) is 10.5 Å². The van der Waals surface area contributed by atoms with E-state index in [1.165, 1.54) is 5.56 Å². The van der Waals surface area contributed by atoms with Gasteiger partial charge >= 0.3 is 0 Å². The first kappa shape index (κ1) is 17.8. The Hall–Kier alpha value is -3.02. The number of nitrogens with one attached hydrogen (secondary N) is 1. The maximum absolute atomic E-state index is 12.4. The summed E-state index contributed by atoms with van der Waals surface area (Å²) in [5.41, 5.74) is 9.00. The number of rotatable bonds is 6. The Morgan fingerprint density at radius 2 is 2.12 bits per heavy atom. The predicted octanol–water partition coefficient (Wildman–Crippen LogP) is 2.79. The summed E-state index contributed by atoms with van der Waals surface area (Å²) in [6.45, 7) is 1.27. The number of hydrogen-bond donors (Lipinski definition) is 2. The Morgan fingerprint density at radius 1 is 1.27 bits per heavy atom. The number of benzene rings is 2. The lowest BCUT2D eigenvalue weighted by atomic mass is 10.2. The normalized spacial score (nSPS) is 13.4. The molecule has 2 aromatic carbocycles. The van der Waals surface area contributed by atoms with E-state index in [0.29, 0.717) is 25.3 Å². The van der Waals surface area contributed by atoms with Gasteiger partial charge in [0.05, 0.1) is 7.11 Å². The van der Waals surface area contributed by atoms with Crippen molar-refractivity contribution in [1.82, 2.24) is 0 Å². The molecule has 0 aromatic heterocycles. The van der Waals surface area contributed by atoms with Crippen LogP contribution in [0, 0.1) is 0 Å². The lowest BCUT2D eigenvalue weighted by Crippen LogP contribution is -2.28. The fourth-order valence-electron chi connectivity index (χ4n) is 3.05. The van der Waals surface area contributed by atoms with Crippen LogP contribution in [0.1, 0.15) is 18.4 Å². The largest absolute Gasteiger partial charge is 0.497 e. The summed E-state index contributed by atoms with van der Waals surface area (Å²) < 4.78 is 5.17. The molecule has 0 bridgehead atoms. The van der Waals surface area contributed by atoms with Crippen LogP contribution in [0.3, 0.4) is 0 Å². The number of carbonyl (C=O) groups excluding carboxylic acids is 1. The summed E-state index contributed by atoms with van der Waals surface area (Å²) in [6.07, 6.45) is 2.06. The number of para-hydroxylation sites is 1. The molecule has 2 aromatic rings. The fraction of sp³-hybridized carbons (Fsp3) is 0.300. The number of hydrogen-bond acceptors (Lipinski definition) is 3.